The molecule has 0 spiro atoms. The maximum atomic E-state index is 11.6. The number of hydrogen-bond acceptors (Lipinski definition) is 2. The second kappa shape index (κ2) is 3.70. The van der Waals surface area contributed by atoms with Gasteiger partial charge in [0, 0.05) is 29.4 Å². The number of carbonyl (C=O) groups excluding carboxylic acids is 2. The number of hydrogen-bond donors (Lipinski definition) is 0. The number of ketones is 2. The second-order valence-corrected chi connectivity index (χ2v) is 4.30. The van der Waals surface area contributed by atoms with E-state index in [9.17, 15) is 9.59 Å². The molecule has 1 atom stereocenters. The average molecular weight is 211 g/mol. The first-order chi connectivity index (χ1) is 6.68. The molecule has 2 nitrogen and oxygen atoms in total. The van der Waals surface area contributed by atoms with Crippen molar-refractivity contribution in [3.05, 3.63) is 23.3 Å². The second-order valence-electron chi connectivity index (χ2n) is 3.69. The highest BCUT2D eigenvalue weighted by Gasteiger charge is 2.27. The lowest BCUT2D eigenvalue weighted by atomic mass is 9.92. The molecule has 0 saturated carbocycles. The topological polar surface area (TPSA) is 34.1 Å². The Bertz CT molecular complexity index is 352. The molecule has 0 N–H and O–H groups in total. The summed E-state index contributed by atoms with van der Waals surface area (Å²) in [6.07, 6.45) is 5.63. The first-order valence-electron chi connectivity index (χ1n) is 4.78. The third-order valence-corrected chi connectivity index (χ3v) is 3.03. The van der Waals surface area contributed by atoms with Gasteiger partial charge in [-0.25, -0.2) is 0 Å². The first-order valence-corrected chi connectivity index (χ1v) is 5.22. The minimum atomic E-state index is -0.0677. The lowest BCUT2D eigenvalue weighted by Gasteiger charge is -2.11. The SMILES string of the molecule is O=C1CCC(Cl)CC2=C1C=CCC2=O. The van der Waals surface area contributed by atoms with E-state index in [0.717, 1.165) is 0 Å². The summed E-state index contributed by atoms with van der Waals surface area (Å²) in [5.41, 5.74) is 1.25. The van der Waals surface area contributed by atoms with Crippen molar-refractivity contribution in [1.29, 1.82) is 0 Å². The van der Waals surface area contributed by atoms with E-state index < -0.39 is 0 Å². The fraction of sp³-hybridized carbons (Fsp3) is 0.455. The monoisotopic (exact) mass is 210 g/mol. The van der Waals surface area contributed by atoms with Crippen molar-refractivity contribution in [2.75, 3.05) is 0 Å². The van der Waals surface area contributed by atoms with Crippen LogP contribution in [0.5, 0.6) is 0 Å². The van der Waals surface area contributed by atoms with Crippen LogP contribution >= 0.6 is 11.6 Å². The van der Waals surface area contributed by atoms with Crippen molar-refractivity contribution in [2.45, 2.75) is 31.1 Å². The molecule has 2 aliphatic rings. The van der Waals surface area contributed by atoms with Crippen LogP contribution in [0.2, 0.25) is 0 Å². The molecule has 0 amide bonds. The predicted octanol–water partition coefficient (Wildman–Crippen LogP) is 2.17. The van der Waals surface area contributed by atoms with E-state index in [1.807, 2.05) is 0 Å². The molecule has 3 heteroatoms. The molecular weight excluding hydrogens is 200 g/mol. The Hall–Kier alpha value is -0.890. The van der Waals surface area contributed by atoms with Gasteiger partial charge in [-0.15, -0.1) is 11.6 Å². The van der Waals surface area contributed by atoms with Gasteiger partial charge in [-0.3, -0.25) is 9.59 Å². The number of carbonyl (C=O) groups is 2. The number of halogens is 1. The summed E-state index contributed by atoms with van der Waals surface area (Å²) in [5.74, 6) is 0.121. The third-order valence-electron chi connectivity index (χ3n) is 2.66. The van der Waals surface area contributed by atoms with Crippen LogP contribution in [0.15, 0.2) is 23.3 Å². The summed E-state index contributed by atoms with van der Waals surface area (Å²) in [4.78, 5) is 23.2. The maximum absolute atomic E-state index is 11.6. The molecule has 0 aromatic heterocycles. The number of Topliss-reactive ketones (excluding diaryl/α,β-unsaturated/α-hetero) is 2. The van der Waals surface area contributed by atoms with Gasteiger partial charge in [0.2, 0.25) is 0 Å². The quantitative estimate of drug-likeness (QED) is 0.575. The molecule has 0 aliphatic heterocycles. The van der Waals surface area contributed by atoms with Crippen molar-refractivity contribution in [1.82, 2.24) is 0 Å². The lowest BCUT2D eigenvalue weighted by molar-refractivity contribution is -0.117. The highest BCUT2D eigenvalue weighted by molar-refractivity contribution is 6.22. The Morgan fingerprint density at radius 3 is 2.86 bits per heavy atom. The van der Waals surface area contributed by atoms with Crippen LogP contribution in [0, 0.1) is 0 Å². The average Bonchev–Trinajstić information content (AvgIpc) is 2.30. The predicted molar refractivity (Wildman–Crippen MR) is 54.3 cm³/mol. The summed E-state index contributed by atoms with van der Waals surface area (Å²) in [5, 5.41) is -0.0677. The normalized spacial score (nSPS) is 27.6. The van der Waals surface area contributed by atoms with Gasteiger partial charge in [-0.2, -0.15) is 0 Å². The molecular formula is C11H11ClO2. The van der Waals surface area contributed by atoms with Gasteiger partial charge >= 0.3 is 0 Å². The molecule has 0 heterocycles. The zero-order valence-electron chi connectivity index (χ0n) is 7.75. The minimum absolute atomic E-state index is 0.0587. The van der Waals surface area contributed by atoms with Crippen molar-refractivity contribution in [2.24, 2.45) is 0 Å². The van der Waals surface area contributed by atoms with E-state index in [1.165, 1.54) is 0 Å². The Morgan fingerprint density at radius 2 is 2.07 bits per heavy atom. The Labute approximate surface area is 87.6 Å². The van der Waals surface area contributed by atoms with Gasteiger partial charge < -0.3 is 0 Å². The lowest BCUT2D eigenvalue weighted by Crippen LogP contribution is -2.12. The van der Waals surface area contributed by atoms with E-state index in [4.69, 9.17) is 11.6 Å². The van der Waals surface area contributed by atoms with Gasteiger partial charge in [0.05, 0.1) is 0 Å². The fourth-order valence-corrected chi connectivity index (χ4v) is 2.15. The number of alkyl halides is 1. The Kier molecular flexibility index (Phi) is 2.55. The summed E-state index contributed by atoms with van der Waals surface area (Å²) < 4.78 is 0. The van der Waals surface area contributed by atoms with Crippen LogP contribution in [0.1, 0.15) is 25.7 Å². The van der Waals surface area contributed by atoms with E-state index in [2.05, 4.69) is 0 Å². The van der Waals surface area contributed by atoms with Crippen molar-refractivity contribution in [3.63, 3.8) is 0 Å². The first kappa shape index (κ1) is 9.66. The Morgan fingerprint density at radius 1 is 1.29 bits per heavy atom. The van der Waals surface area contributed by atoms with Gasteiger partial charge in [0.15, 0.2) is 11.6 Å². The third kappa shape index (κ3) is 1.67. The molecule has 2 rings (SSSR count). The summed E-state index contributed by atoms with van der Waals surface area (Å²) in [6.45, 7) is 0. The van der Waals surface area contributed by atoms with Gasteiger partial charge in [-0.05, 0) is 12.8 Å². The summed E-state index contributed by atoms with van der Waals surface area (Å²) in [7, 11) is 0. The Balaban J connectivity index is 2.42. The highest BCUT2D eigenvalue weighted by Crippen LogP contribution is 2.29. The summed E-state index contributed by atoms with van der Waals surface area (Å²) in [6, 6.07) is 0. The van der Waals surface area contributed by atoms with Crippen LogP contribution in [0.4, 0.5) is 0 Å². The van der Waals surface area contributed by atoms with Crippen LogP contribution in [0.25, 0.3) is 0 Å². The molecule has 0 aromatic rings. The molecule has 0 saturated heterocycles. The molecule has 74 valence electrons. The number of allylic oxidation sites excluding steroid dienone is 4. The molecule has 2 aliphatic carbocycles. The molecule has 0 bridgehead atoms. The number of rotatable bonds is 0. The van der Waals surface area contributed by atoms with E-state index in [1.54, 1.807) is 12.2 Å². The fourth-order valence-electron chi connectivity index (χ4n) is 1.89. The van der Waals surface area contributed by atoms with E-state index in [-0.39, 0.29) is 16.9 Å². The van der Waals surface area contributed by atoms with Crippen LogP contribution < -0.4 is 0 Å². The van der Waals surface area contributed by atoms with Crippen LogP contribution in [0.3, 0.4) is 0 Å². The van der Waals surface area contributed by atoms with Crippen LogP contribution in [-0.2, 0) is 9.59 Å². The maximum Gasteiger partial charge on any atom is 0.163 e. The standard InChI is InChI=1S/C11H11ClO2/c12-7-4-5-11(14)8-2-1-3-10(13)9(8)6-7/h1-2,7H,3-6H2. The molecule has 0 fully saturated rings. The van der Waals surface area contributed by atoms with Gasteiger partial charge in [0.25, 0.3) is 0 Å². The molecule has 0 radical (unpaired) electrons. The van der Waals surface area contributed by atoms with Gasteiger partial charge in [-0.1, -0.05) is 12.2 Å². The highest BCUT2D eigenvalue weighted by atomic mass is 35.5. The minimum Gasteiger partial charge on any atom is -0.294 e. The van der Waals surface area contributed by atoms with Crippen molar-refractivity contribution < 1.29 is 9.59 Å². The van der Waals surface area contributed by atoms with E-state index in [0.29, 0.717) is 36.8 Å². The summed E-state index contributed by atoms with van der Waals surface area (Å²) >= 11 is 6.01. The molecule has 0 aromatic carbocycles. The van der Waals surface area contributed by atoms with E-state index >= 15 is 0 Å². The van der Waals surface area contributed by atoms with Crippen molar-refractivity contribution >= 4 is 23.2 Å². The van der Waals surface area contributed by atoms with Crippen LogP contribution in [-0.4, -0.2) is 16.9 Å². The van der Waals surface area contributed by atoms with Crippen molar-refractivity contribution in [3.8, 4) is 0 Å². The molecule has 1 unspecified atom stereocenters. The largest absolute Gasteiger partial charge is 0.294 e. The zero-order chi connectivity index (χ0) is 10.1. The molecule has 14 heavy (non-hydrogen) atoms. The zero-order valence-corrected chi connectivity index (χ0v) is 8.51. The smallest absolute Gasteiger partial charge is 0.163 e. The van der Waals surface area contributed by atoms with Gasteiger partial charge in [0.1, 0.15) is 0 Å².